The van der Waals surface area contributed by atoms with Gasteiger partial charge in [-0.25, -0.2) is 4.71 Å². The molecule has 0 rings (SSSR count). The van der Waals surface area contributed by atoms with E-state index in [2.05, 4.69) is 25.3 Å². The zero-order valence-corrected chi connectivity index (χ0v) is 16.7. The van der Waals surface area contributed by atoms with Crippen LogP contribution in [0.25, 0.3) is 0 Å². The van der Waals surface area contributed by atoms with Gasteiger partial charge in [-0.2, -0.15) is 0 Å². The molecule has 0 aliphatic heterocycles. The first kappa shape index (κ1) is 26.0. The number of rotatable bonds is 2. The van der Waals surface area contributed by atoms with Crippen molar-refractivity contribution in [2.75, 3.05) is 28.2 Å². The van der Waals surface area contributed by atoms with Gasteiger partial charge in [-0.05, 0) is 28.2 Å². The maximum absolute atomic E-state index is 8.11. The molecule has 0 atom stereocenters. The first-order valence-corrected chi connectivity index (χ1v) is 4.24. The number of hydrogen-bond donors (Lipinski definition) is 2. The Hall–Kier alpha value is 3.29. The van der Waals surface area contributed by atoms with E-state index in [-0.39, 0.29) is 88.2 Å². The molecule has 2 N–H and O–H groups in total. The van der Waals surface area contributed by atoms with Crippen LogP contribution in [-0.2, 0) is 25.3 Å². The SMILES string of the molecule is CN(C)C(O)O.CN(C)C([S-])[S-].[Ce].[Ce]. The Bertz CT molecular complexity index is 83.8. The third-order valence-corrected chi connectivity index (χ3v) is 1.73. The van der Waals surface area contributed by atoms with Gasteiger partial charge in [-0.3, -0.25) is 4.90 Å². The third-order valence-electron chi connectivity index (χ3n) is 0.884. The molecule has 0 radical (unpaired) electrons. The smallest absolute Gasteiger partial charge is 0.213 e. The molecule has 0 amide bonds. The Labute approximate surface area is 165 Å². The van der Waals surface area contributed by atoms with E-state index in [0.29, 0.717) is 0 Å². The van der Waals surface area contributed by atoms with Crippen molar-refractivity contribution < 1.29 is 93.7 Å². The molecule has 0 saturated heterocycles. The summed E-state index contributed by atoms with van der Waals surface area (Å²) >= 11 is 9.29. The minimum Gasteiger partial charge on any atom is -0.800 e. The zero-order chi connectivity index (χ0) is 10.3. The van der Waals surface area contributed by atoms with Gasteiger partial charge >= 0.3 is 0 Å². The Balaban J connectivity index is -0.0000000625. The Kier molecular flexibility index (Phi) is 30.2. The maximum Gasteiger partial charge on any atom is 0.213 e. The van der Waals surface area contributed by atoms with E-state index in [1.54, 1.807) is 19.0 Å². The predicted octanol–water partition coefficient (Wildman–Crippen LogP) is -1.26. The van der Waals surface area contributed by atoms with Crippen LogP contribution in [0.5, 0.6) is 0 Å². The van der Waals surface area contributed by atoms with Crippen LogP contribution in [0.4, 0.5) is 0 Å². The average molecular weight is 493 g/mol. The summed E-state index contributed by atoms with van der Waals surface area (Å²) in [7, 11) is 6.88. The van der Waals surface area contributed by atoms with Crippen LogP contribution in [0, 0.1) is 83.5 Å². The summed E-state index contributed by atoms with van der Waals surface area (Å²) in [5.74, 6) is 0. The zero-order valence-electron chi connectivity index (χ0n) is 8.76. The second-order valence-electron chi connectivity index (χ2n) is 2.58. The van der Waals surface area contributed by atoms with Crippen LogP contribution < -0.4 is 0 Å². The Morgan fingerprint density at radius 3 is 1.00 bits per heavy atom. The van der Waals surface area contributed by atoms with Gasteiger partial charge in [0.2, 0.25) is 6.41 Å². The van der Waals surface area contributed by atoms with Gasteiger partial charge in [-0.15, -0.1) is 0 Å². The van der Waals surface area contributed by atoms with Gasteiger partial charge in [0.15, 0.2) is 0 Å². The fourth-order valence-corrected chi connectivity index (χ4v) is 0. The molecule has 0 unspecified atom stereocenters. The van der Waals surface area contributed by atoms with Crippen molar-refractivity contribution in [1.82, 2.24) is 9.80 Å². The largest absolute Gasteiger partial charge is 0.800 e. The van der Waals surface area contributed by atoms with E-state index in [4.69, 9.17) is 10.2 Å². The van der Waals surface area contributed by atoms with Gasteiger partial charge in [0, 0.05) is 83.5 Å². The summed E-state index contributed by atoms with van der Waals surface area (Å²) in [6.07, 6.45) is -1.31. The molecule has 0 aromatic carbocycles. The molecule has 0 spiro atoms. The van der Waals surface area contributed by atoms with E-state index in [9.17, 15) is 0 Å². The topological polar surface area (TPSA) is 46.9 Å². The van der Waals surface area contributed by atoms with Gasteiger partial charge in [0.25, 0.3) is 0 Å². The second-order valence-corrected chi connectivity index (χ2v) is 3.77. The molecule has 0 heterocycles. The Morgan fingerprint density at radius 1 is 0.857 bits per heavy atom. The molecular formula is C6H16Ce2N2O2S2-2. The van der Waals surface area contributed by atoms with Crippen molar-refractivity contribution in [1.29, 1.82) is 0 Å². The predicted molar refractivity (Wildman–Crippen MR) is 54.1 cm³/mol. The van der Waals surface area contributed by atoms with Crippen molar-refractivity contribution in [2.45, 2.75) is 11.1 Å². The van der Waals surface area contributed by atoms with Crippen molar-refractivity contribution in [3.8, 4) is 0 Å². The van der Waals surface area contributed by atoms with Crippen LogP contribution in [0.2, 0.25) is 0 Å². The van der Waals surface area contributed by atoms with E-state index in [1.165, 1.54) is 4.90 Å². The normalized spacial score (nSPS) is 9.43. The van der Waals surface area contributed by atoms with E-state index >= 15 is 0 Å². The molecule has 0 aromatic rings. The third kappa shape index (κ3) is 24.5. The summed E-state index contributed by atoms with van der Waals surface area (Å²) in [6.45, 7) is 0. The number of hydrogen-bond acceptors (Lipinski definition) is 6. The molecular weight excluding hydrogens is 476 g/mol. The molecule has 8 heteroatoms. The molecule has 0 aliphatic carbocycles. The second kappa shape index (κ2) is 16.3. The van der Waals surface area contributed by atoms with Crippen LogP contribution in [0.15, 0.2) is 0 Å². The van der Waals surface area contributed by atoms with E-state index in [1.807, 2.05) is 14.1 Å². The number of nitrogens with zero attached hydrogens (tertiary/aromatic N) is 2. The molecule has 0 aromatic heterocycles. The first-order chi connectivity index (χ1) is 5.29. The van der Waals surface area contributed by atoms with Gasteiger partial charge in [0.05, 0.1) is 0 Å². The minimum absolute atomic E-state index is 0. The summed E-state index contributed by atoms with van der Waals surface area (Å²) in [5, 5.41) is 16.2. The number of aliphatic hydroxyl groups is 2. The minimum atomic E-state index is -1.31. The Morgan fingerprint density at radius 2 is 1.00 bits per heavy atom. The number of aliphatic hydroxyl groups excluding tert-OH is 1. The summed E-state index contributed by atoms with van der Waals surface area (Å²) in [6, 6.07) is 0. The standard InChI is InChI=1S/C3H9NO2.C3H9NS2.2Ce/c2*1-4(2)3(5)6;;/h2*3,5-6H,1-2H3;;/p-2. The van der Waals surface area contributed by atoms with E-state index < -0.39 is 6.41 Å². The van der Waals surface area contributed by atoms with Gasteiger partial charge < -0.3 is 40.4 Å². The van der Waals surface area contributed by atoms with Crippen LogP contribution in [0.1, 0.15) is 0 Å². The first-order valence-electron chi connectivity index (χ1n) is 3.29. The molecule has 0 bridgehead atoms. The van der Waals surface area contributed by atoms with Gasteiger partial charge in [0.1, 0.15) is 0 Å². The van der Waals surface area contributed by atoms with Gasteiger partial charge in [-0.1, -0.05) is 0 Å². The summed E-state index contributed by atoms with van der Waals surface area (Å²) < 4.78 is -0.148. The maximum atomic E-state index is 8.11. The average Bonchev–Trinajstić information content (AvgIpc) is 1.88. The molecule has 84 valence electrons. The molecule has 14 heavy (non-hydrogen) atoms. The van der Waals surface area contributed by atoms with Crippen molar-refractivity contribution in [3.63, 3.8) is 0 Å². The fraction of sp³-hybridized carbons (Fsp3) is 1.00. The van der Waals surface area contributed by atoms with Crippen LogP contribution in [0.3, 0.4) is 0 Å². The van der Waals surface area contributed by atoms with Crippen molar-refractivity contribution >= 4 is 25.3 Å². The molecule has 4 nitrogen and oxygen atoms in total. The van der Waals surface area contributed by atoms with E-state index in [0.717, 1.165) is 0 Å². The fourth-order valence-electron chi connectivity index (χ4n) is 0. The summed E-state index contributed by atoms with van der Waals surface area (Å²) in [5.41, 5.74) is 0. The van der Waals surface area contributed by atoms with Crippen molar-refractivity contribution in [2.24, 2.45) is 0 Å². The van der Waals surface area contributed by atoms with Crippen LogP contribution >= 0.6 is 0 Å². The molecule has 0 fully saturated rings. The molecule has 0 aliphatic rings. The van der Waals surface area contributed by atoms with Crippen LogP contribution in [-0.4, -0.2) is 59.3 Å². The van der Waals surface area contributed by atoms with Crippen molar-refractivity contribution in [3.05, 3.63) is 0 Å². The monoisotopic (exact) mass is 492 g/mol. The molecule has 0 saturated carbocycles. The summed E-state index contributed by atoms with van der Waals surface area (Å²) in [4.78, 5) is 3.07. The quantitative estimate of drug-likeness (QED) is 0.371.